The number of hydrogen-bond acceptors (Lipinski definition) is 3. The van der Waals surface area contributed by atoms with Gasteiger partial charge in [-0.3, -0.25) is 4.79 Å². The topological polar surface area (TPSA) is 55.1 Å². The van der Waals surface area contributed by atoms with Gasteiger partial charge in [-0.25, -0.2) is 4.98 Å². The van der Waals surface area contributed by atoms with Crippen LogP contribution in [0.2, 0.25) is 5.02 Å². The molecule has 0 aliphatic heterocycles. The first-order valence-corrected chi connectivity index (χ1v) is 8.82. The average molecular weight is 409 g/mol. The number of oxazole rings is 1. The Labute approximate surface area is 164 Å². The minimum absolute atomic E-state index is 0.0182. The van der Waals surface area contributed by atoms with E-state index < -0.39 is 11.7 Å². The number of carbonyl (C=O) groups is 1. The van der Waals surface area contributed by atoms with Crippen molar-refractivity contribution in [1.29, 1.82) is 0 Å². The van der Waals surface area contributed by atoms with Crippen LogP contribution in [-0.2, 0) is 23.9 Å². The summed E-state index contributed by atoms with van der Waals surface area (Å²) in [5.41, 5.74) is 0.454. The molecule has 1 N–H and O–H groups in total. The Hall–Kier alpha value is -2.80. The third kappa shape index (κ3) is 5.36. The van der Waals surface area contributed by atoms with Gasteiger partial charge in [-0.05, 0) is 42.0 Å². The summed E-state index contributed by atoms with van der Waals surface area (Å²) >= 11 is 5.85. The Morgan fingerprint density at radius 2 is 1.89 bits per heavy atom. The third-order valence-electron chi connectivity index (χ3n) is 3.99. The van der Waals surface area contributed by atoms with Crippen molar-refractivity contribution < 1.29 is 22.4 Å². The highest BCUT2D eigenvalue weighted by Gasteiger charge is 2.30. The maximum Gasteiger partial charge on any atom is 0.416 e. The summed E-state index contributed by atoms with van der Waals surface area (Å²) in [6.07, 6.45) is -2.45. The van der Waals surface area contributed by atoms with Crippen LogP contribution < -0.4 is 5.32 Å². The Morgan fingerprint density at radius 3 is 2.61 bits per heavy atom. The summed E-state index contributed by atoms with van der Waals surface area (Å²) in [6, 6.07) is 11.9. The van der Waals surface area contributed by atoms with Crippen LogP contribution in [0.1, 0.15) is 23.4 Å². The number of hydrogen-bond donors (Lipinski definition) is 1. The van der Waals surface area contributed by atoms with Crippen LogP contribution in [-0.4, -0.2) is 10.9 Å². The summed E-state index contributed by atoms with van der Waals surface area (Å²) in [5.74, 6) is 0.666. The lowest BCUT2D eigenvalue weighted by molar-refractivity contribution is -0.137. The van der Waals surface area contributed by atoms with Gasteiger partial charge in [-0.15, -0.1) is 0 Å². The van der Waals surface area contributed by atoms with Gasteiger partial charge in [0, 0.05) is 30.0 Å². The molecule has 0 bridgehead atoms. The van der Waals surface area contributed by atoms with Crippen LogP contribution in [0.5, 0.6) is 0 Å². The lowest BCUT2D eigenvalue weighted by Gasteiger charge is -2.09. The van der Waals surface area contributed by atoms with Crippen molar-refractivity contribution in [2.24, 2.45) is 0 Å². The molecule has 0 saturated carbocycles. The van der Waals surface area contributed by atoms with Crippen molar-refractivity contribution in [2.45, 2.75) is 25.6 Å². The molecule has 1 heterocycles. The molecule has 0 unspecified atom stereocenters. The SMILES string of the molecule is O=C(CCc1ncc(-c2ccc(Cl)cc2)o1)NCc1cccc(C(F)(F)F)c1. The second kappa shape index (κ2) is 8.48. The minimum atomic E-state index is -4.41. The summed E-state index contributed by atoms with van der Waals surface area (Å²) in [7, 11) is 0. The number of nitrogens with zero attached hydrogens (tertiary/aromatic N) is 1. The van der Waals surface area contributed by atoms with Crippen LogP contribution in [0.3, 0.4) is 0 Å². The molecule has 3 aromatic rings. The fourth-order valence-electron chi connectivity index (χ4n) is 2.54. The summed E-state index contributed by atoms with van der Waals surface area (Å²) in [5, 5.41) is 3.21. The number of alkyl halides is 3. The summed E-state index contributed by atoms with van der Waals surface area (Å²) < 4.78 is 43.7. The highest BCUT2D eigenvalue weighted by Crippen LogP contribution is 2.29. The van der Waals surface area contributed by atoms with E-state index in [1.54, 1.807) is 30.5 Å². The van der Waals surface area contributed by atoms with Crippen LogP contribution >= 0.6 is 11.6 Å². The van der Waals surface area contributed by atoms with E-state index in [1.165, 1.54) is 12.1 Å². The molecule has 0 aliphatic carbocycles. The van der Waals surface area contributed by atoms with Crippen molar-refractivity contribution in [1.82, 2.24) is 10.3 Å². The zero-order valence-corrected chi connectivity index (χ0v) is 15.3. The number of carbonyl (C=O) groups excluding carboxylic acids is 1. The highest BCUT2D eigenvalue weighted by molar-refractivity contribution is 6.30. The highest BCUT2D eigenvalue weighted by atomic mass is 35.5. The number of rotatable bonds is 6. The number of benzene rings is 2. The van der Waals surface area contributed by atoms with E-state index in [0.29, 0.717) is 22.2 Å². The fourth-order valence-corrected chi connectivity index (χ4v) is 2.67. The van der Waals surface area contributed by atoms with E-state index >= 15 is 0 Å². The summed E-state index contributed by atoms with van der Waals surface area (Å²) in [4.78, 5) is 16.1. The van der Waals surface area contributed by atoms with E-state index in [4.69, 9.17) is 16.0 Å². The van der Waals surface area contributed by atoms with Gasteiger partial charge in [-0.2, -0.15) is 13.2 Å². The second-order valence-electron chi connectivity index (χ2n) is 6.10. The molecule has 0 atom stereocenters. The lowest BCUT2D eigenvalue weighted by atomic mass is 10.1. The average Bonchev–Trinajstić information content (AvgIpc) is 3.14. The molecule has 0 saturated heterocycles. The van der Waals surface area contributed by atoms with E-state index in [9.17, 15) is 18.0 Å². The quantitative estimate of drug-likeness (QED) is 0.605. The predicted octanol–water partition coefficient (Wildman–Crippen LogP) is 5.26. The number of aromatic nitrogens is 1. The Kier molecular flexibility index (Phi) is 6.04. The zero-order valence-electron chi connectivity index (χ0n) is 14.6. The van der Waals surface area contributed by atoms with E-state index in [1.807, 2.05) is 0 Å². The van der Waals surface area contributed by atoms with Crippen molar-refractivity contribution >= 4 is 17.5 Å². The number of aryl methyl sites for hydroxylation is 1. The van der Waals surface area contributed by atoms with Gasteiger partial charge in [0.1, 0.15) is 0 Å². The van der Waals surface area contributed by atoms with Crippen LogP contribution in [0.15, 0.2) is 59.1 Å². The van der Waals surface area contributed by atoms with Crippen molar-refractivity contribution in [3.8, 4) is 11.3 Å². The first kappa shape index (κ1) is 19.9. The molecule has 146 valence electrons. The molecule has 4 nitrogen and oxygen atoms in total. The second-order valence-corrected chi connectivity index (χ2v) is 6.54. The Bertz CT molecular complexity index is 953. The van der Waals surface area contributed by atoms with E-state index in [0.717, 1.165) is 17.7 Å². The predicted molar refractivity (Wildman–Crippen MR) is 98.6 cm³/mol. The van der Waals surface area contributed by atoms with Gasteiger partial charge >= 0.3 is 6.18 Å². The van der Waals surface area contributed by atoms with Gasteiger partial charge in [0.2, 0.25) is 5.91 Å². The maximum absolute atomic E-state index is 12.7. The van der Waals surface area contributed by atoms with Crippen molar-refractivity contribution in [3.05, 3.63) is 76.8 Å². The largest absolute Gasteiger partial charge is 0.441 e. The molecule has 2 aromatic carbocycles. The van der Waals surface area contributed by atoms with E-state index in [2.05, 4.69) is 10.3 Å². The standard InChI is InChI=1S/C20H16ClF3N2O2/c21-16-6-4-14(5-7-16)17-12-26-19(28-17)9-8-18(27)25-11-13-2-1-3-15(10-13)20(22,23)24/h1-7,10,12H,8-9,11H2,(H,25,27). The molecule has 0 fully saturated rings. The monoisotopic (exact) mass is 408 g/mol. The number of amides is 1. The summed E-state index contributed by atoms with van der Waals surface area (Å²) in [6.45, 7) is 0.0182. The number of nitrogens with one attached hydrogen (secondary N) is 1. The van der Waals surface area contributed by atoms with E-state index in [-0.39, 0.29) is 25.3 Å². The third-order valence-corrected chi connectivity index (χ3v) is 4.24. The van der Waals surface area contributed by atoms with Crippen molar-refractivity contribution in [2.75, 3.05) is 0 Å². The van der Waals surface area contributed by atoms with Gasteiger partial charge in [0.15, 0.2) is 11.7 Å². The van der Waals surface area contributed by atoms with Crippen LogP contribution in [0.4, 0.5) is 13.2 Å². The molecule has 3 rings (SSSR count). The molecular formula is C20H16ClF3N2O2. The Morgan fingerprint density at radius 1 is 1.14 bits per heavy atom. The molecule has 0 radical (unpaired) electrons. The molecule has 28 heavy (non-hydrogen) atoms. The maximum atomic E-state index is 12.7. The lowest BCUT2D eigenvalue weighted by Crippen LogP contribution is -2.23. The van der Waals surface area contributed by atoms with Crippen molar-refractivity contribution in [3.63, 3.8) is 0 Å². The molecular weight excluding hydrogens is 393 g/mol. The molecule has 1 aromatic heterocycles. The first-order valence-electron chi connectivity index (χ1n) is 8.45. The van der Waals surface area contributed by atoms with Gasteiger partial charge in [0.05, 0.1) is 11.8 Å². The smallest absolute Gasteiger partial charge is 0.416 e. The molecule has 0 aliphatic rings. The zero-order chi connectivity index (χ0) is 20.1. The molecule has 1 amide bonds. The molecule has 8 heteroatoms. The van der Waals surface area contributed by atoms with Crippen LogP contribution in [0, 0.1) is 0 Å². The van der Waals surface area contributed by atoms with Crippen LogP contribution in [0.25, 0.3) is 11.3 Å². The first-order chi connectivity index (χ1) is 13.3. The van der Waals surface area contributed by atoms with Gasteiger partial charge in [-0.1, -0.05) is 23.7 Å². The van der Waals surface area contributed by atoms with Gasteiger partial charge < -0.3 is 9.73 Å². The molecule has 0 spiro atoms. The normalized spacial score (nSPS) is 11.4. The Balaban J connectivity index is 1.50. The van der Waals surface area contributed by atoms with Gasteiger partial charge in [0.25, 0.3) is 0 Å². The fraction of sp³-hybridized carbons (Fsp3) is 0.200. The number of halogens is 4. The minimum Gasteiger partial charge on any atom is -0.441 e.